The van der Waals surface area contributed by atoms with Gasteiger partial charge in [-0.1, -0.05) is 24.6 Å². The third-order valence-electron chi connectivity index (χ3n) is 3.65. The normalized spacial score (nSPS) is 13.9. The smallest absolute Gasteiger partial charge is 0.123 e. The molecule has 0 saturated heterocycles. The van der Waals surface area contributed by atoms with Crippen LogP contribution in [-0.4, -0.2) is 18.8 Å². The fourth-order valence-corrected chi connectivity index (χ4v) is 3.14. The number of aryl methyl sites for hydroxylation is 1. The molecule has 0 amide bonds. The monoisotopic (exact) mass is 305 g/mol. The summed E-state index contributed by atoms with van der Waals surface area (Å²) in [6.45, 7) is 4.75. The second-order valence-electron chi connectivity index (χ2n) is 5.19. The third-order valence-corrected chi connectivity index (χ3v) is 4.36. The first-order chi connectivity index (χ1) is 10.2. The minimum Gasteiger partial charge on any atom is -0.496 e. The van der Waals surface area contributed by atoms with Crippen LogP contribution < -0.4 is 10.1 Å². The Labute approximate surface area is 130 Å². The van der Waals surface area contributed by atoms with Crippen LogP contribution in [0.4, 0.5) is 0 Å². The van der Waals surface area contributed by atoms with Crippen LogP contribution in [0.25, 0.3) is 0 Å². The van der Waals surface area contributed by atoms with Crippen LogP contribution in [-0.2, 0) is 0 Å². The second-order valence-corrected chi connectivity index (χ2v) is 5.97. The molecule has 0 fully saturated rings. The zero-order valence-corrected chi connectivity index (χ0v) is 13.6. The van der Waals surface area contributed by atoms with Crippen LogP contribution in [0, 0.1) is 6.92 Å². The number of aliphatic hydroxyl groups excluding tert-OH is 1. The largest absolute Gasteiger partial charge is 0.496 e. The number of methoxy groups -OCH3 is 1. The van der Waals surface area contributed by atoms with E-state index in [0.29, 0.717) is 6.54 Å². The molecule has 4 heteroatoms. The lowest BCUT2D eigenvalue weighted by atomic mass is 10.0. The highest BCUT2D eigenvalue weighted by Crippen LogP contribution is 2.28. The Balaban J connectivity index is 2.08. The Bertz CT molecular complexity index is 554. The minimum atomic E-state index is -0.471. The number of ether oxygens (including phenoxy) is 1. The van der Waals surface area contributed by atoms with Crippen molar-refractivity contribution < 1.29 is 9.84 Å². The fourth-order valence-electron chi connectivity index (χ4n) is 2.44. The molecule has 2 unspecified atom stereocenters. The first-order valence-electron chi connectivity index (χ1n) is 7.23. The summed E-state index contributed by atoms with van der Waals surface area (Å²) >= 11 is 1.60. The topological polar surface area (TPSA) is 41.5 Å². The Morgan fingerprint density at radius 1 is 1.33 bits per heavy atom. The highest BCUT2D eigenvalue weighted by molar-refractivity contribution is 7.07. The van der Waals surface area contributed by atoms with Gasteiger partial charge in [0.15, 0.2) is 0 Å². The summed E-state index contributed by atoms with van der Waals surface area (Å²) in [4.78, 5) is 0. The van der Waals surface area contributed by atoms with Crippen molar-refractivity contribution in [1.82, 2.24) is 5.32 Å². The zero-order valence-electron chi connectivity index (χ0n) is 12.8. The third kappa shape index (κ3) is 4.06. The van der Waals surface area contributed by atoms with Crippen molar-refractivity contribution >= 4 is 11.3 Å². The van der Waals surface area contributed by atoms with Crippen molar-refractivity contribution in [2.45, 2.75) is 32.4 Å². The maximum atomic E-state index is 10.2. The molecule has 0 bridgehead atoms. The lowest BCUT2D eigenvalue weighted by Gasteiger charge is -2.22. The van der Waals surface area contributed by atoms with E-state index >= 15 is 0 Å². The second kappa shape index (κ2) is 7.59. The summed E-state index contributed by atoms with van der Waals surface area (Å²) < 4.78 is 5.46. The fraction of sp³-hybridized carbons (Fsp3) is 0.412. The molecule has 1 aromatic carbocycles. The number of benzene rings is 1. The maximum absolute atomic E-state index is 10.2. The molecule has 0 aliphatic rings. The van der Waals surface area contributed by atoms with Crippen molar-refractivity contribution in [3.05, 3.63) is 51.7 Å². The maximum Gasteiger partial charge on any atom is 0.123 e. The van der Waals surface area contributed by atoms with Gasteiger partial charge in [-0.15, -0.1) is 0 Å². The van der Waals surface area contributed by atoms with Gasteiger partial charge in [0.05, 0.1) is 13.2 Å². The number of nitrogens with one attached hydrogen (secondary N) is 1. The zero-order chi connectivity index (χ0) is 15.2. The molecule has 0 saturated carbocycles. The summed E-state index contributed by atoms with van der Waals surface area (Å²) in [7, 11) is 1.70. The van der Waals surface area contributed by atoms with Gasteiger partial charge in [-0.3, -0.25) is 0 Å². The van der Waals surface area contributed by atoms with E-state index in [4.69, 9.17) is 4.74 Å². The first kappa shape index (κ1) is 16.0. The Morgan fingerprint density at radius 2 is 2.14 bits per heavy atom. The predicted octanol–water partition coefficient (Wildman–Crippen LogP) is 3.84. The van der Waals surface area contributed by atoms with Crippen molar-refractivity contribution in [2.75, 3.05) is 13.7 Å². The van der Waals surface area contributed by atoms with Crippen molar-refractivity contribution in [2.24, 2.45) is 0 Å². The summed E-state index contributed by atoms with van der Waals surface area (Å²) in [5, 5.41) is 17.6. The quantitative estimate of drug-likeness (QED) is 0.816. The van der Waals surface area contributed by atoms with Crippen LogP contribution in [0.3, 0.4) is 0 Å². The van der Waals surface area contributed by atoms with Crippen LogP contribution in [0.15, 0.2) is 35.0 Å². The molecule has 2 rings (SSSR count). The van der Waals surface area contributed by atoms with Crippen LogP contribution in [0.2, 0.25) is 0 Å². The van der Waals surface area contributed by atoms with E-state index in [0.717, 1.165) is 23.3 Å². The first-order valence-corrected chi connectivity index (χ1v) is 8.18. The van der Waals surface area contributed by atoms with E-state index < -0.39 is 6.10 Å². The average molecular weight is 305 g/mol. The summed E-state index contributed by atoms with van der Waals surface area (Å²) in [5.41, 5.74) is 3.33. The van der Waals surface area contributed by atoms with E-state index in [1.54, 1.807) is 18.4 Å². The lowest BCUT2D eigenvalue weighted by Crippen LogP contribution is -2.26. The SMILES string of the molecule is CCC(NCC(O)c1ccsc1)c1cc(C)ccc1OC. The molecule has 2 atom stereocenters. The Kier molecular flexibility index (Phi) is 5.79. The molecule has 0 aliphatic heterocycles. The number of thiophene rings is 1. The highest BCUT2D eigenvalue weighted by Gasteiger charge is 2.16. The molecular formula is C17H23NO2S. The van der Waals surface area contributed by atoms with Crippen LogP contribution >= 0.6 is 11.3 Å². The summed E-state index contributed by atoms with van der Waals surface area (Å²) in [6, 6.07) is 8.34. The number of hydrogen-bond donors (Lipinski definition) is 2. The molecule has 21 heavy (non-hydrogen) atoms. The highest BCUT2D eigenvalue weighted by atomic mass is 32.1. The van der Waals surface area contributed by atoms with Gasteiger partial charge in [-0.25, -0.2) is 0 Å². The van der Waals surface area contributed by atoms with Gasteiger partial charge in [0.2, 0.25) is 0 Å². The molecule has 0 aliphatic carbocycles. The standard InChI is InChI=1S/C17H23NO2S/c1-4-15(14-9-12(2)5-6-17(14)20-3)18-10-16(19)13-7-8-21-11-13/h5-9,11,15-16,18-19H,4,10H2,1-3H3. The van der Waals surface area contributed by atoms with E-state index in [9.17, 15) is 5.11 Å². The van der Waals surface area contributed by atoms with Crippen molar-refractivity contribution in [1.29, 1.82) is 0 Å². The van der Waals surface area contributed by atoms with Crippen LogP contribution in [0.1, 0.15) is 42.2 Å². The molecule has 0 radical (unpaired) electrons. The van der Waals surface area contributed by atoms with Gasteiger partial charge < -0.3 is 15.2 Å². The number of hydrogen-bond acceptors (Lipinski definition) is 4. The molecule has 2 N–H and O–H groups in total. The van der Waals surface area contributed by atoms with Gasteiger partial charge in [0.25, 0.3) is 0 Å². The van der Waals surface area contributed by atoms with Gasteiger partial charge in [0, 0.05) is 18.2 Å². The van der Waals surface area contributed by atoms with Crippen molar-refractivity contribution in [3.63, 3.8) is 0 Å². The van der Waals surface area contributed by atoms with E-state index in [1.807, 2.05) is 22.9 Å². The predicted molar refractivity (Wildman–Crippen MR) is 88.0 cm³/mol. The van der Waals surface area contributed by atoms with Gasteiger partial charge in [-0.2, -0.15) is 11.3 Å². The van der Waals surface area contributed by atoms with Gasteiger partial charge >= 0.3 is 0 Å². The summed E-state index contributed by atoms with van der Waals surface area (Å²) in [6.07, 6.45) is 0.469. The van der Waals surface area contributed by atoms with Crippen molar-refractivity contribution in [3.8, 4) is 5.75 Å². The Morgan fingerprint density at radius 3 is 2.76 bits per heavy atom. The lowest BCUT2D eigenvalue weighted by molar-refractivity contribution is 0.169. The molecule has 1 heterocycles. The number of aliphatic hydroxyl groups is 1. The average Bonchev–Trinajstić information content (AvgIpc) is 3.02. The van der Waals surface area contributed by atoms with E-state index in [2.05, 4.69) is 31.3 Å². The van der Waals surface area contributed by atoms with E-state index in [1.165, 1.54) is 5.56 Å². The molecule has 1 aromatic heterocycles. The summed E-state index contributed by atoms with van der Waals surface area (Å²) in [5.74, 6) is 0.893. The molecule has 2 aromatic rings. The van der Waals surface area contributed by atoms with E-state index in [-0.39, 0.29) is 6.04 Å². The molecular weight excluding hydrogens is 282 g/mol. The van der Waals surface area contributed by atoms with Gasteiger partial charge in [0.1, 0.15) is 5.75 Å². The molecule has 114 valence electrons. The van der Waals surface area contributed by atoms with Crippen LogP contribution in [0.5, 0.6) is 5.75 Å². The Hall–Kier alpha value is -1.36. The molecule has 3 nitrogen and oxygen atoms in total. The minimum absolute atomic E-state index is 0.174. The number of rotatable bonds is 7. The van der Waals surface area contributed by atoms with Gasteiger partial charge in [-0.05, 0) is 41.8 Å². The molecule has 0 spiro atoms.